The number of aromatic amines is 1. The molecule has 2 saturated heterocycles. The molecule has 0 aliphatic carbocycles. The Morgan fingerprint density at radius 1 is 1.45 bits per heavy atom. The molecule has 3 rings (SSSR count). The monoisotopic (exact) mass is 300 g/mol. The van der Waals surface area contributed by atoms with Crippen molar-refractivity contribution in [2.45, 2.75) is 44.2 Å². The zero-order valence-electron chi connectivity index (χ0n) is 11.1. The first-order chi connectivity index (χ1) is 9.41. The minimum atomic E-state index is -0.741. The van der Waals surface area contributed by atoms with E-state index in [2.05, 4.69) is 4.98 Å². The predicted molar refractivity (Wildman–Crippen MR) is 70.7 cm³/mol. The largest absolute Gasteiger partial charge is 0.394 e. The number of rotatable bonds is 2. The van der Waals surface area contributed by atoms with E-state index in [-0.39, 0.29) is 29.1 Å². The maximum Gasteiger partial charge on any atom is 0.251 e. The lowest BCUT2D eigenvalue weighted by atomic mass is 10.1. The van der Waals surface area contributed by atoms with Crippen molar-refractivity contribution in [2.75, 3.05) is 6.61 Å². The molecule has 20 heavy (non-hydrogen) atoms. The molecule has 0 spiro atoms. The number of nitrogens with one attached hydrogen (secondary N) is 1. The lowest BCUT2D eigenvalue weighted by molar-refractivity contribution is -0.200. The zero-order valence-corrected chi connectivity index (χ0v) is 11.9. The second kappa shape index (κ2) is 4.74. The quantitative estimate of drug-likeness (QED) is 0.765. The van der Waals surface area contributed by atoms with E-state index in [1.54, 1.807) is 10.8 Å². The molecule has 2 aliphatic heterocycles. The van der Waals surface area contributed by atoms with Gasteiger partial charge in [-0.3, -0.25) is 14.3 Å². The van der Waals surface area contributed by atoms with E-state index < -0.39 is 18.1 Å². The molecular formula is C12H16N2O5S. The van der Waals surface area contributed by atoms with E-state index in [0.717, 1.165) is 0 Å². The third-order valence-electron chi connectivity index (χ3n) is 3.43. The number of H-pyrrole nitrogens is 1. The lowest BCUT2D eigenvalue weighted by Crippen LogP contribution is -2.31. The number of hydrogen-bond donors (Lipinski definition) is 2. The highest BCUT2D eigenvalue weighted by molar-refractivity contribution is 7.71. The summed E-state index contributed by atoms with van der Waals surface area (Å²) >= 11 is 5.14. The van der Waals surface area contributed by atoms with E-state index in [0.29, 0.717) is 0 Å². The summed E-state index contributed by atoms with van der Waals surface area (Å²) in [6, 6.07) is 1.36. The van der Waals surface area contributed by atoms with Crippen LogP contribution in [0.1, 0.15) is 20.1 Å². The SMILES string of the molecule is CC1(C)O[C@@H]2[C@H](O1)[C@H](CO)O[C@H]2n1ccc(=O)[nH]c1=S. The van der Waals surface area contributed by atoms with Crippen molar-refractivity contribution in [3.8, 4) is 0 Å². The van der Waals surface area contributed by atoms with Gasteiger partial charge in [-0.25, -0.2) is 0 Å². The first kappa shape index (κ1) is 13.9. The second-order valence-electron chi connectivity index (χ2n) is 5.33. The smallest absolute Gasteiger partial charge is 0.251 e. The molecule has 2 fully saturated rings. The summed E-state index contributed by atoms with van der Waals surface area (Å²) < 4.78 is 19.2. The topological polar surface area (TPSA) is 85.7 Å². The van der Waals surface area contributed by atoms with Gasteiger partial charge in [0.05, 0.1) is 6.61 Å². The molecule has 4 atom stereocenters. The number of ether oxygens (including phenoxy) is 3. The number of fused-ring (bicyclic) bond motifs is 1. The summed E-state index contributed by atoms with van der Waals surface area (Å²) in [5.41, 5.74) is -0.275. The van der Waals surface area contributed by atoms with Crippen LogP contribution in [0.4, 0.5) is 0 Å². The number of aromatic nitrogens is 2. The molecule has 0 saturated carbocycles. The molecule has 2 aliphatic rings. The summed E-state index contributed by atoms with van der Waals surface area (Å²) in [5, 5.41) is 9.41. The van der Waals surface area contributed by atoms with E-state index in [1.807, 2.05) is 13.8 Å². The number of nitrogens with zero attached hydrogens (tertiary/aromatic N) is 1. The van der Waals surface area contributed by atoms with Crippen LogP contribution in [0.15, 0.2) is 17.1 Å². The van der Waals surface area contributed by atoms with Crippen LogP contribution < -0.4 is 5.56 Å². The van der Waals surface area contributed by atoms with Gasteiger partial charge in [-0.2, -0.15) is 0 Å². The molecule has 0 unspecified atom stereocenters. The van der Waals surface area contributed by atoms with Crippen molar-refractivity contribution in [1.82, 2.24) is 9.55 Å². The summed E-state index contributed by atoms with van der Waals surface area (Å²) in [4.78, 5) is 13.8. The van der Waals surface area contributed by atoms with Crippen LogP contribution in [-0.2, 0) is 14.2 Å². The van der Waals surface area contributed by atoms with Crippen LogP contribution in [0.3, 0.4) is 0 Å². The van der Waals surface area contributed by atoms with E-state index in [1.165, 1.54) is 6.07 Å². The van der Waals surface area contributed by atoms with Crippen molar-refractivity contribution < 1.29 is 19.3 Å². The van der Waals surface area contributed by atoms with E-state index in [9.17, 15) is 9.90 Å². The van der Waals surface area contributed by atoms with Crippen molar-refractivity contribution in [3.63, 3.8) is 0 Å². The minimum absolute atomic E-state index is 0.173. The van der Waals surface area contributed by atoms with Gasteiger partial charge in [-0.05, 0) is 26.1 Å². The van der Waals surface area contributed by atoms with Gasteiger partial charge < -0.3 is 19.3 Å². The molecule has 1 aromatic rings. The van der Waals surface area contributed by atoms with Gasteiger partial charge in [-0.1, -0.05) is 0 Å². The summed E-state index contributed by atoms with van der Waals surface area (Å²) in [6.07, 6.45) is -0.227. The van der Waals surface area contributed by atoms with Crippen LogP contribution in [0, 0.1) is 4.77 Å². The fourth-order valence-corrected chi connectivity index (χ4v) is 2.92. The molecule has 0 aromatic carbocycles. The average Bonchev–Trinajstić information content (AvgIpc) is 2.83. The first-order valence-corrected chi connectivity index (χ1v) is 6.75. The van der Waals surface area contributed by atoms with Gasteiger partial charge in [0.2, 0.25) is 0 Å². The van der Waals surface area contributed by atoms with Gasteiger partial charge in [0.25, 0.3) is 5.56 Å². The Morgan fingerprint density at radius 3 is 2.80 bits per heavy atom. The van der Waals surface area contributed by atoms with Crippen molar-refractivity contribution in [3.05, 3.63) is 27.4 Å². The standard InChI is InChI=1S/C12H16N2O5S/c1-12(2)18-8-6(5-15)17-10(9(8)19-12)14-4-3-7(16)13-11(14)20/h3-4,6,8-10,15H,5H2,1-2H3,(H,13,16,20)/t6-,8+,9+,10+/m0/s1. The fraction of sp³-hybridized carbons (Fsp3) is 0.667. The van der Waals surface area contributed by atoms with Crippen molar-refractivity contribution in [1.29, 1.82) is 0 Å². The van der Waals surface area contributed by atoms with Crippen LogP contribution >= 0.6 is 12.2 Å². The van der Waals surface area contributed by atoms with E-state index in [4.69, 9.17) is 26.4 Å². The molecule has 8 heteroatoms. The van der Waals surface area contributed by atoms with Gasteiger partial charge in [0.1, 0.15) is 18.3 Å². The van der Waals surface area contributed by atoms with Crippen LogP contribution in [0.25, 0.3) is 0 Å². The average molecular weight is 300 g/mol. The summed E-state index contributed by atoms with van der Waals surface area (Å²) in [7, 11) is 0. The third-order valence-corrected chi connectivity index (χ3v) is 3.74. The first-order valence-electron chi connectivity index (χ1n) is 6.35. The molecule has 1 aromatic heterocycles. The van der Waals surface area contributed by atoms with Gasteiger partial charge >= 0.3 is 0 Å². The molecule has 0 radical (unpaired) electrons. The molecule has 3 heterocycles. The Kier molecular flexibility index (Phi) is 3.30. The second-order valence-corrected chi connectivity index (χ2v) is 5.72. The van der Waals surface area contributed by atoms with Gasteiger partial charge in [-0.15, -0.1) is 0 Å². The van der Waals surface area contributed by atoms with Gasteiger partial charge in [0.15, 0.2) is 16.8 Å². The number of aliphatic hydroxyl groups is 1. The summed E-state index contributed by atoms with van der Waals surface area (Å²) in [5.74, 6) is -0.741. The maximum atomic E-state index is 11.2. The van der Waals surface area contributed by atoms with E-state index >= 15 is 0 Å². The lowest BCUT2D eigenvalue weighted by Gasteiger charge is -2.24. The Bertz CT molecular complexity index is 625. The van der Waals surface area contributed by atoms with Crippen LogP contribution in [0.2, 0.25) is 0 Å². The third kappa shape index (κ3) is 2.23. The van der Waals surface area contributed by atoms with Crippen molar-refractivity contribution in [2.24, 2.45) is 0 Å². The highest BCUT2D eigenvalue weighted by Crippen LogP contribution is 2.42. The number of aliphatic hydroxyl groups excluding tert-OH is 1. The molecule has 0 amide bonds. The Labute approximate surface area is 120 Å². The normalized spacial score (nSPS) is 35.1. The Morgan fingerprint density at radius 2 is 2.15 bits per heavy atom. The summed E-state index contributed by atoms with van der Waals surface area (Å²) in [6.45, 7) is 3.44. The molecule has 2 N–H and O–H groups in total. The molecular weight excluding hydrogens is 284 g/mol. The maximum absolute atomic E-state index is 11.2. The highest BCUT2D eigenvalue weighted by atomic mass is 32.1. The van der Waals surface area contributed by atoms with Crippen LogP contribution in [0.5, 0.6) is 0 Å². The molecule has 110 valence electrons. The number of hydrogen-bond acceptors (Lipinski definition) is 6. The fourth-order valence-electron chi connectivity index (χ4n) is 2.66. The Hall–Kier alpha value is -1.06. The van der Waals surface area contributed by atoms with Gasteiger partial charge in [0, 0.05) is 12.3 Å². The zero-order chi connectivity index (χ0) is 14.5. The minimum Gasteiger partial charge on any atom is -0.394 e. The highest BCUT2D eigenvalue weighted by Gasteiger charge is 2.55. The van der Waals surface area contributed by atoms with Crippen LogP contribution in [-0.4, -0.2) is 45.4 Å². The predicted octanol–water partition coefficient (Wildman–Crippen LogP) is 0.316. The molecule has 7 nitrogen and oxygen atoms in total. The molecule has 0 bridgehead atoms. The van der Waals surface area contributed by atoms with Crippen molar-refractivity contribution >= 4 is 12.2 Å². The Balaban J connectivity index is 1.98.